The van der Waals surface area contributed by atoms with Crippen LogP contribution in [0.5, 0.6) is 0 Å². The van der Waals surface area contributed by atoms with Gasteiger partial charge in [-0.05, 0) is 37.7 Å². The van der Waals surface area contributed by atoms with Crippen LogP contribution in [0.2, 0.25) is 0 Å². The van der Waals surface area contributed by atoms with Gasteiger partial charge in [0.1, 0.15) is 12.3 Å². The fourth-order valence-corrected chi connectivity index (χ4v) is 3.31. The lowest BCUT2D eigenvalue weighted by Gasteiger charge is -2.14. The third-order valence-electron chi connectivity index (χ3n) is 3.16. The molecule has 0 aromatic carbocycles. The zero-order chi connectivity index (χ0) is 15.1. The van der Waals surface area contributed by atoms with E-state index in [9.17, 15) is 4.79 Å². The highest BCUT2D eigenvalue weighted by molar-refractivity contribution is 8.00. The first-order valence-electron chi connectivity index (χ1n) is 7.21. The van der Waals surface area contributed by atoms with Gasteiger partial charge in [0.2, 0.25) is 0 Å². The molecule has 21 heavy (non-hydrogen) atoms. The zero-order valence-corrected chi connectivity index (χ0v) is 13.0. The molecule has 1 amide bonds. The van der Waals surface area contributed by atoms with Crippen LogP contribution in [0.15, 0.2) is 21.5 Å². The molecule has 1 aromatic rings. The third-order valence-corrected chi connectivity index (χ3v) is 4.56. The standard InChI is InChI=1S/C14H22N4O2S/c1-2-16-14(18-9-11-4-3-7-21-11)17-8-10-5-6-12(20-10)13(15)19/h5-6,11H,2-4,7-9H2,1H3,(H2,15,19)(H2,16,17,18). The molecule has 0 bridgehead atoms. The van der Waals surface area contributed by atoms with Gasteiger partial charge in [0.25, 0.3) is 5.91 Å². The lowest BCUT2D eigenvalue weighted by Crippen LogP contribution is -2.40. The molecule has 6 nitrogen and oxygen atoms in total. The number of carbonyl (C=O) groups is 1. The van der Waals surface area contributed by atoms with E-state index in [-0.39, 0.29) is 5.76 Å². The van der Waals surface area contributed by atoms with Crippen molar-refractivity contribution in [3.63, 3.8) is 0 Å². The highest BCUT2D eigenvalue weighted by Gasteiger charge is 2.15. The summed E-state index contributed by atoms with van der Waals surface area (Å²) in [5.41, 5.74) is 5.15. The third kappa shape index (κ3) is 5.00. The quantitative estimate of drug-likeness (QED) is 0.544. The fourth-order valence-electron chi connectivity index (χ4n) is 2.11. The van der Waals surface area contributed by atoms with E-state index in [1.165, 1.54) is 18.6 Å². The molecule has 0 saturated carbocycles. The number of nitrogens with zero attached hydrogens (tertiary/aromatic N) is 1. The van der Waals surface area contributed by atoms with Gasteiger partial charge in [-0.3, -0.25) is 4.79 Å². The van der Waals surface area contributed by atoms with Crippen LogP contribution in [-0.4, -0.2) is 36.0 Å². The molecule has 116 valence electrons. The number of guanidine groups is 1. The zero-order valence-electron chi connectivity index (χ0n) is 12.2. The smallest absolute Gasteiger partial charge is 0.284 e. The molecule has 4 N–H and O–H groups in total. The summed E-state index contributed by atoms with van der Waals surface area (Å²) in [6.45, 7) is 4.12. The summed E-state index contributed by atoms with van der Waals surface area (Å²) >= 11 is 2.01. The summed E-state index contributed by atoms with van der Waals surface area (Å²) in [5, 5.41) is 7.22. The first kappa shape index (κ1) is 15.8. The van der Waals surface area contributed by atoms with E-state index >= 15 is 0 Å². The van der Waals surface area contributed by atoms with Crippen LogP contribution in [0.25, 0.3) is 0 Å². The molecule has 2 heterocycles. The molecule has 0 aliphatic carbocycles. The van der Waals surface area contributed by atoms with Crippen molar-refractivity contribution in [2.24, 2.45) is 10.7 Å². The van der Waals surface area contributed by atoms with Gasteiger partial charge in [0, 0.05) is 18.3 Å². The average molecular weight is 310 g/mol. The summed E-state index contributed by atoms with van der Waals surface area (Å²) < 4.78 is 5.31. The summed E-state index contributed by atoms with van der Waals surface area (Å²) in [4.78, 5) is 15.4. The topological polar surface area (TPSA) is 92.6 Å². The van der Waals surface area contributed by atoms with E-state index in [0.717, 1.165) is 19.0 Å². The number of rotatable bonds is 6. The van der Waals surface area contributed by atoms with Crippen molar-refractivity contribution in [1.29, 1.82) is 0 Å². The van der Waals surface area contributed by atoms with Crippen molar-refractivity contribution in [2.75, 3.05) is 18.8 Å². The number of primary amides is 1. The molecule has 1 aliphatic heterocycles. The molecular weight excluding hydrogens is 288 g/mol. The summed E-state index contributed by atoms with van der Waals surface area (Å²) in [7, 11) is 0. The number of aliphatic imine (C=N–C) groups is 1. The van der Waals surface area contributed by atoms with E-state index < -0.39 is 5.91 Å². The Balaban J connectivity index is 1.87. The Hall–Kier alpha value is -1.63. The molecule has 0 spiro atoms. The van der Waals surface area contributed by atoms with Crippen molar-refractivity contribution in [3.05, 3.63) is 23.7 Å². The number of amides is 1. The van der Waals surface area contributed by atoms with Crippen LogP contribution in [0.4, 0.5) is 0 Å². The minimum Gasteiger partial charge on any atom is -0.454 e. The monoisotopic (exact) mass is 310 g/mol. The second-order valence-corrected chi connectivity index (χ2v) is 6.25. The van der Waals surface area contributed by atoms with Crippen molar-refractivity contribution in [2.45, 2.75) is 31.6 Å². The van der Waals surface area contributed by atoms with Crippen molar-refractivity contribution >= 4 is 23.6 Å². The van der Waals surface area contributed by atoms with Gasteiger partial charge in [-0.1, -0.05) is 0 Å². The number of hydrogen-bond acceptors (Lipinski definition) is 4. The van der Waals surface area contributed by atoms with Crippen LogP contribution < -0.4 is 16.4 Å². The molecule has 1 aliphatic rings. The predicted octanol–water partition coefficient (Wildman–Crippen LogP) is 1.33. The predicted molar refractivity (Wildman–Crippen MR) is 85.5 cm³/mol. The Morgan fingerprint density at radius 1 is 1.52 bits per heavy atom. The summed E-state index contributed by atoms with van der Waals surface area (Å²) in [6.07, 6.45) is 2.56. The summed E-state index contributed by atoms with van der Waals surface area (Å²) in [6, 6.07) is 3.29. The highest BCUT2D eigenvalue weighted by Crippen LogP contribution is 2.25. The molecule has 1 saturated heterocycles. The van der Waals surface area contributed by atoms with Gasteiger partial charge in [-0.15, -0.1) is 0 Å². The number of hydrogen-bond donors (Lipinski definition) is 3. The van der Waals surface area contributed by atoms with Gasteiger partial charge >= 0.3 is 0 Å². The Kier molecular flexibility index (Phi) is 5.98. The van der Waals surface area contributed by atoms with Crippen LogP contribution in [0, 0.1) is 0 Å². The maximum atomic E-state index is 11.0. The average Bonchev–Trinajstić information content (AvgIpc) is 3.13. The van der Waals surface area contributed by atoms with Crippen molar-refractivity contribution < 1.29 is 9.21 Å². The Morgan fingerprint density at radius 2 is 2.38 bits per heavy atom. The van der Waals surface area contributed by atoms with E-state index in [4.69, 9.17) is 10.2 Å². The fraction of sp³-hybridized carbons (Fsp3) is 0.571. The van der Waals surface area contributed by atoms with Gasteiger partial charge < -0.3 is 20.8 Å². The second-order valence-electron chi connectivity index (χ2n) is 4.84. The largest absolute Gasteiger partial charge is 0.454 e. The van der Waals surface area contributed by atoms with Crippen molar-refractivity contribution in [3.8, 4) is 0 Å². The first-order chi connectivity index (χ1) is 10.2. The van der Waals surface area contributed by atoms with Crippen molar-refractivity contribution in [1.82, 2.24) is 10.6 Å². The molecule has 1 fully saturated rings. The van der Waals surface area contributed by atoms with E-state index in [1.54, 1.807) is 12.1 Å². The number of thioether (sulfide) groups is 1. The van der Waals surface area contributed by atoms with E-state index in [0.29, 0.717) is 17.6 Å². The Labute approximate surface area is 128 Å². The molecule has 7 heteroatoms. The van der Waals surface area contributed by atoms with Crippen LogP contribution in [0.1, 0.15) is 36.1 Å². The molecular formula is C14H22N4O2S. The summed E-state index contributed by atoms with van der Waals surface area (Å²) in [5.74, 6) is 2.25. The van der Waals surface area contributed by atoms with Crippen LogP contribution in [0.3, 0.4) is 0 Å². The normalized spacial score (nSPS) is 18.7. The Bertz CT molecular complexity index is 495. The number of carbonyl (C=O) groups excluding carboxylic acids is 1. The Morgan fingerprint density at radius 3 is 3.00 bits per heavy atom. The second kappa shape index (κ2) is 7.97. The van der Waals surface area contributed by atoms with Gasteiger partial charge in [0.05, 0.1) is 0 Å². The van der Waals surface area contributed by atoms with Gasteiger partial charge in [-0.25, -0.2) is 4.99 Å². The molecule has 1 unspecified atom stereocenters. The van der Waals surface area contributed by atoms with E-state index in [2.05, 4.69) is 15.6 Å². The lowest BCUT2D eigenvalue weighted by atomic mass is 10.2. The number of nitrogens with one attached hydrogen (secondary N) is 2. The molecule has 0 radical (unpaired) electrons. The number of nitrogens with two attached hydrogens (primary N) is 1. The minimum absolute atomic E-state index is 0.167. The molecule has 1 atom stereocenters. The highest BCUT2D eigenvalue weighted by atomic mass is 32.2. The minimum atomic E-state index is -0.562. The molecule has 1 aromatic heterocycles. The van der Waals surface area contributed by atoms with Gasteiger partial charge in [-0.2, -0.15) is 11.8 Å². The number of furan rings is 1. The first-order valence-corrected chi connectivity index (χ1v) is 8.26. The maximum Gasteiger partial charge on any atom is 0.284 e. The van der Waals surface area contributed by atoms with Crippen LogP contribution in [-0.2, 0) is 6.54 Å². The van der Waals surface area contributed by atoms with Gasteiger partial charge in [0.15, 0.2) is 11.7 Å². The van der Waals surface area contributed by atoms with E-state index in [1.807, 2.05) is 18.7 Å². The molecule has 2 rings (SSSR count). The lowest BCUT2D eigenvalue weighted by molar-refractivity contribution is 0.0972. The van der Waals surface area contributed by atoms with Crippen LogP contribution >= 0.6 is 11.8 Å². The SMILES string of the molecule is CCNC(=NCc1ccc(C(N)=O)o1)NCC1CCCS1. The maximum absolute atomic E-state index is 11.0.